The normalized spacial score (nSPS) is 14.4. The molecule has 0 spiro atoms. The maximum atomic E-state index is 12.3. The standard InChI is InChI=1S/C17H14N2O4S2/c20-16(11-6-7-11)19-17-18-14-9-8-12(10-15(14)24-17)23-25(21,22)13-4-2-1-3-5-13/h1-5,8-11H,6-7H2,(H,18,19,20). The van der Waals surface area contributed by atoms with Crippen molar-refractivity contribution >= 4 is 42.7 Å². The number of thiazole rings is 1. The molecule has 1 fully saturated rings. The molecule has 0 atom stereocenters. The molecule has 25 heavy (non-hydrogen) atoms. The molecule has 4 rings (SSSR count). The summed E-state index contributed by atoms with van der Waals surface area (Å²) < 4.78 is 30.5. The Balaban J connectivity index is 1.57. The molecule has 1 aliphatic carbocycles. The van der Waals surface area contributed by atoms with Crippen molar-refractivity contribution in [3.63, 3.8) is 0 Å². The summed E-state index contributed by atoms with van der Waals surface area (Å²) in [7, 11) is -3.88. The second kappa shape index (κ2) is 6.12. The van der Waals surface area contributed by atoms with Crippen LogP contribution in [0.25, 0.3) is 10.2 Å². The lowest BCUT2D eigenvalue weighted by molar-refractivity contribution is -0.117. The van der Waals surface area contributed by atoms with Gasteiger partial charge in [-0.15, -0.1) is 0 Å². The molecule has 0 radical (unpaired) electrons. The van der Waals surface area contributed by atoms with Crippen molar-refractivity contribution in [2.75, 3.05) is 5.32 Å². The van der Waals surface area contributed by atoms with Gasteiger partial charge in [-0.05, 0) is 37.1 Å². The summed E-state index contributed by atoms with van der Waals surface area (Å²) in [5.74, 6) is 0.296. The average molecular weight is 374 g/mol. The van der Waals surface area contributed by atoms with Crippen LogP contribution in [0.15, 0.2) is 53.4 Å². The summed E-state index contributed by atoms with van der Waals surface area (Å²) in [6, 6.07) is 12.8. The summed E-state index contributed by atoms with van der Waals surface area (Å²) >= 11 is 1.29. The zero-order chi connectivity index (χ0) is 17.4. The summed E-state index contributed by atoms with van der Waals surface area (Å²) in [4.78, 5) is 16.2. The smallest absolute Gasteiger partial charge is 0.339 e. The first kappa shape index (κ1) is 16.0. The maximum absolute atomic E-state index is 12.3. The van der Waals surface area contributed by atoms with E-state index in [1.165, 1.54) is 23.5 Å². The van der Waals surface area contributed by atoms with E-state index in [1.807, 2.05) is 0 Å². The minimum atomic E-state index is -3.88. The Morgan fingerprint density at radius 2 is 1.92 bits per heavy atom. The van der Waals surface area contributed by atoms with Crippen LogP contribution < -0.4 is 9.50 Å². The largest absolute Gasteiger partial charge is 0.379 e. The van der Waals surface area contributed by atoms with Gasteiger partial charge in [-0.25, -0.2) is 4.98 Å². The fourth-order valence-electron chi connectivity index (χ4n) is 2.33. The monoisotopic (exact) mass is 374 g/mol. The number of anilines is 1. The number of benzene rings is 2. The molecule has 8 heteroatoms. The van der Waals surface area contributed by atoms with Crippen molar-refractivity contribution in [2.45, 2.75) is 17.7 Å². The Labute approximate surface area is 148 Å². The molecule has 128 valence electrons. The quantitative estimate of drug-likeness (QED) is 0.692. The van der Waals surface area contributed by atoms with Crippen LogP contribution in [0.1, 0.15) is 12.8 Å². The first-order chi connectivity index (χ1) is 12.0. The Kier molecular flexibility index (Phi) is 3.93. The number of aromatic nitrogens is 1. The molecule has 0 aliphatic heterocycles. The van der Waals surface area contributed by atoms with Gasteiger partial charge >= 0.3 is 10.1 Å². The molecule has 1 saturated carbocycles. The highest BCUT2D eigenvalue weighted by Crippen LogP contribution is 2.33. The molecule has 0 bridgehead atoms. The number of rotatable bonds is 5. The van der Waals surface area contributed by atoms with Gasteiger partial charge in [0.05, 0.1) is 10.2 Å². The Morgan fingerprint density at radius 1 is 1.16 bits per heavy atom. The molecule has 1 heterocycles. The van der Waals surface area contributed by atoms with Crippen molar-refractivity contribution in [3.8, 4) is 5.75 Å². The number of nitrogens with zero attached hydrogens (tertiary/aromatic N) is 1. The molecular weight excluding hydrogens is 360 g/mol. The van der Waals surface area contributed by atoms with Gasteiger partial charge in [0.1, 0.15) is 10.6 Å². The van der Waals surface area contributed by atoms with E-state index >= 15 is 0 Å². The number of carbonyl (C=O) groups is 1. The van der Waals surface area contributed by atoms with Crippen LogP contribution in [0, 0.1) is 5.92 Å². The first-order valence-electron chi connectivity index (χ1n) is 7.72. The molecule has 0 unspecified atom stereocenters. The van der Waals surface area contributed by atoms with Crippen molar-refractivity contribution in [2.24, 2.45) is 5.92 Å². The van der Waals surface area contributed by atoms with Gasteiger partial charge in [0.15, 0.2) is 5.13 Å². The van der Waals surface area contributed by atoms with E-state index in [1.54, 1.807) is 36.4 Å². The lowest BCUT2D eigenvalue weighted by Crippen LogP contribution is -2.12. The number of fused-ring (bicyclic) bond motifs is 1. The van der Waals surface area contributed by atoms with E-state index in [9.17, 15) is 13.2 Å². The van der Waals surface area contributed by atoms with Gasteiger partial charge in [-0.1, -0.05) is 29.5 Å². The highest BCUT2D eigenvalue weighted by Gasteiger charge is 2.30. The van der Waals surface area contributed by atoms with Crippen molar-refractivity contribution in [1.29, 1.82) is 0 Å². The fourth-order valence-corrected chi connectivity index (χ4v) is 4.17. The Bertz CT molecular complexity index is 1040. The summed E-state index contributed by atoms with van der Waals surface area (Å²) in [5.41, 5.74) is 0.681. The molecular formula is C17H14N2O4S2. The van der Waals surface area contributed by atoms with Crippen LogP contribution in [0.2, 0.25) is 0 Å². The van der Waals surface area contributed by atoms with Gasteiger partial charge in [-0.2, -0.15) is 8.42 Å². The Morgan fingerprint density at radius 3 is 2.64 bits per heavy atom. The summed E-state index contributed by atoms with van der Waals surface area (Å²) in [5, 5.41) is 3.31. The average Bonchev–Trinajstić information content (AvgIpc) is 3.37. The number of nitrogens with one attached hydrogen (secondary N) is 1. The van der Waals surface area contributed by atoms with Gasteiger partial charge in [-0.3, -0.25) is 4.79 Å². The first-order valence-corrected chi connectivity index (χ1v) is 9.95. The van der Waals surface area contributed by atoms with Gasteiger partial charge in [0, 0.05) is 12.0 Å². The van der Waals surface area contributed by atoms with Crippen LogP contribution in [-0.4, -0.2) is 19.3 Å². The number of hydrogen-bond donors (Lipinski definition) is 1. The topological polar surface area (TPSA) is 85.4 Å². The van der Waals surface area contributed by atoms with Gasteiger partial charge < -0.3 is 9.50 Å². The zero-order valence-electron chi connectivity index (χ0n) is 13.0. The summed E-state index contributed by atoms with van der Waals surface area (Å²) in [6.45, 7) is 0. The molecule has 1 aromatic heterocycles. The van der Waals surface area contributed by atoms with Gasteiger partial charge in [0.2, 0.25) is 5.91 Å². The SMILES string of the molecule is O=C(Nc1nc2ccc(OS(=O)(=O)c3ccccc3)cc2s1)C1CC1. The van der Waals surface area contributed by atoms with Crippen LogP contribution in [0.5, 0.6) is 5.75 Å². The molecule has 1 N–H and O–H groups in total. The fraction of sp³-hybridized carbons (Fsp3) is 0.176. The number of hydrogen-bond acceptors (Lipinski definition) is 6. The predicted molar refractivity (Wildman–Crippen MR) is 95.2 cm³/mol. The van der Waals surface area contributed by atoms with E-state index < -0.39 is 10.1 Å². The van der Waals surface area contributed by atoms with Crippen molar-refractivity contribution < 1.29 is 17.4 Å². The molecule has 1 aliphatic rings. The third-order valence-corrected chi connectivity index (χ3v) is 5.97. The van der Waals surface area contributed by atoms with Crippen molar-refractivity contribution in [3.05, 3.63) is 48.5 Å². The molecule has 6 nitrogen and oxygen atoms in total. The second-order valence-corrected chi connectivity index (χ2v) is 8.34. The lowest BCUT2D eigenvalue weighted by atomic mass is 10.3. The Hall–Kier alpha value is -2.45. The highest BCUT2D eigenvalue weighted by atomic mass is 32.2. The van der Waals surface area contributed by atoms with Crippen LogP contribution >= 0.6 is 11.3 Å². The molecule has 2 aromatic carbocycles. The third kappa shape index (κ3) is 3.49. The van der Waals surface area contributed by atoms with Crippen molar-refractivity contribution in [1.82, 2.24) is 4.98 Å². The van der Waals surface area contributed by atoms with Crippen LogP contribution in [0.3, 0.4) is 0 Å². The predicted octanol–water partition coefficient (Wildman–Crippen LogP) is 3.41. The second-order valence-electron chi connectivity index (χ2n) is 5.76. The minimum Gasteiger partial charge on any atom is -0.379 e. The van der Waals surface area contributed by atoms with E-state index in [4.69, 9.17) is 4.18 Å². The lowest BCUT2D eigenvalue weighted by Gasteiger charge is -2.06. The molecule has 1 amide bonds. The number of amides is 1. The van der Waals surface area contributed by atoms with Gasteiger partial charge in [0.25, 0.3) is 0 Å². The van der Waals surface area contributed by atoms with E-state index in [0.29, 0.717) is 10.6 Å². The molecule has 3 aromatic rings. The van der Waals surface area contributed by atoms with Crippen LogP contribution in [-0.2, 0) is 14.9 Å². The third-order valence-electron chi connectivity index (χ3n) is 3.78. The van der Waals surface area contributed by atoms with E-state index in [2.05, 4.69) is 10.3 Å². The summed E-state index contributed by atoms with van der Waals surface area (Å²) in [6.07, 6.45) is 1.85. The van der Waals surface area contributed by atoms with E-state index in [-0.39, 0.29) is 22.5 Å². The number of carbonyl (C=O) groups excluding carboxylic acids is 1. The van der Waals surface area contributed by atoms with E-state index in [0.717, 1.165) is 17.5 Å². The highest BCUT2D eigenvalue weighted by molar-refractivity contribution is 7.87. The zero-order valence-corrected chi connectivity index (χ0v) is 14.6. The van der Waals surface area contributed by atoms with Crippen LogP contribution in [0.4, 0.5) is 5.13 Å². The molecule has 0 saturated heterocycles. The maximum Gasteiger partial charge on any atom is 0.339 e. The minimum absolute atomic E-state index is 0.0119.